The van der Waals surface area contributed by atoms with Crippen molar-refractivity contribution in [2.45, 2.75) is 43.6 Å². The third-order valence-electron chi connectivity index (χ3n) is 8.27. The van der Waals surface area contributed by atoms with Gasteiger partial charge in [0.15, 0.2) is 0 Å². The molecule has 3 aromatic carbocycles. The average molecular weight is 614 g/mol. The molecule has 0 spiro atoms. The number of hydrogen-bond donors (Lipinski definition) is 0. The van der Waals surface area contributed by atoms with Crippen molar-refractivity contribution in [2.75, 3.05) is 45.8 Å². The summed E-state index contributed by atoms with van der Waals surface area (Å²) < 4.78 is 108. The minimum Gasteiger partial charge on any atom is -0.333 e. The number of nitrogens with zero attached hydrogens (tertiary/aromatic N) is 3. The zero-order valence-electron chi connectivity index (χ0n) is 23.2. The van der Waals surface area contributed by atoms with E-state index in [0.29, 0.717) is 44.7 Å². The summed E-state index contributed by atoms with van der Waals surface area (Å²) >= 11 is 0. The van der Waals surface area contributed by atoms with E-state index >= 15 is 0 Å². The van der Waals surface area contributed by atoms with Crippen molar-refractivity contribution in [1.29, 1.82) is 0 Å². The van der Waals surface area contributed by atoms with Crippen LogP contribution in [0, 0.1) is 0 Å². The molecule has 0 saturated carbocycles. The highest BCUT2D eigenvalue weighted by molar-refractivity contribution is 5.95. The first-order valence-electron chi connectivity index (χ1n) is 14.1. The number of benzene rings is 3. The lowest BCUT2D eigenvalue weighted by molar-refractivity contribution is -0.143. The number of carbonyl (C=O) groups excluding carboxylic acids is 1. The Labute approximate surface area is 243 Å². The largest absolute Gasteiger partial charge is 0.416 e. The van der Waals surface area contributed by atoms with Gasteiger partial charge in [-0.25, -0.2) is 8.78 Å². The molecule has 12 heteroatoms. The zero-order valence-corrected chi connectivity index (χ0v) is 23.2. The van der Waals surface area contributed by atoms with Crippen molar-refractivity contribution < 1.29 is 39.9 Å². The molecule has 0 aliphatic carbocycles. The van der Waals surface area contributed by atoms with E-state index in [1.807, 2.05) is 47.4 Å². The lowest BCUT2D eigenvalue weighted by atomic mass is 9.97. The molecule has 2 aliphatic rings. The first-order valence-corrected chi connectivity index (χ1v) is 14.1. The van der Waals surface area contributed by atoms with E-state index in [4.69, 9.17) is 0 Å². The Balaban J connectivity index is 1.39. The SMILES string of the molecule is O=C(c1cc(C(F)(F)F)cc(C(F)(F)F)c1)N1CCN(CCN2CCC(F)(F)CC2)C[C@H]1Cc1ccc2ccccc2c1. The number of carbonyl (C=O) groups is 1. The summed E-state index contributed by atoms with van der Waals surface area (Å²) in [5.41, 5.74) is -2.89. The molecule has 0 aromatic heterocycles. The molecule has 2 aliphatic heterocycles. The van der Waals surface area contributed by atoms with Crippen molar-refractivity contribution in [3.05, 3.63) is 82.9 Å². The average Bonchev–Trinajstić information content (AvgIpc) is 2.95. The van der Waals surface area contributed by atoms with Gasteiger partial charge >= 0.3 is 12.4 Å². The van der Waals surface area contributed by atoms with Gasteiger partial charge in [-0.2, -0.15) is 26.3 Å². The topological polar surface area (TPSA) is 26.8 Å². The van der Waals surface area contributed by atoms with Gasteiger partial charge < -0.3 is 9.80 Å². The summed E-state index contributed by atoms with van der Waals surface area (Å²) in [5.74, 6) is -3.57. The van der Waals surface area contributed by atoms with Gasteiger partial charge in [0.05, 0.1) is 11.1 Å². The van der Waals surface area contributed by atoms with Crippen LogP contribution in [0.5, 0.6) is 0 Å². The summed E-state index contributed by atoms with van der Waals surface area (Å²) in [7, 11) is 0. The smallest absolute Gasteiger partial charge is 0.333 e. The molecular formula is C31H31F8N3O. The molecule has 2 fully saturated rings. The number of amides is 1. The molecule has 0 N–H and O–H groups in total. The van der Waals surface area contributed by atoms with Crippen molar-refractivity contribution in [1.82, 2.24) is 14.7 Å². The Morgan fingerprint density at radius 2 is 1.35 bits per heavy atom. The predicted octanol–water partition coefficient (Wildman–Crippen LogP) is 6.98. The molecule has 0 bridgehead atoms. The maximum absolute atomic E-state index is 13.6. The van der Waals surface area contributed by atoms with Crippen molar-refractivity contribution >= 4 is 16.7 Å². The predicted molar refractivity (Wildman–Crippen MR) is 146 cm³/mol. The molecular weight excluding hydrogens is 582 g/mol. The van der Waals surface area contributed by atoms with E-state index in [1.54, 1.807) is 0 Å². The molecule has 43 heavy (non-hydrogen) atoms. The minimum atomic E-state index is -5.07. The quantitative estimate of drug-likeness (QED) is 0.281. The zero-order chi connectivity index (χ0) is 31.0. The lowest BCUT2D eigenvalue weighted by Gasteiger charge is -2.42. The van der Waals surface area contributed by atoms with E-state index < -0.39 is 46.9 Å². The normalized spacial score (nSPS) is 20.5. The Bertz CT molecular complexity index is 1410. The number of piperidine rings is 1. The van der Waals surface area contributed by atoms with Crippen LogP contribution in [0.3, 0.4) is 0 Å². The number of fused-ring (bicyclic) bond motifs is 1. The van der Waals surface area contributed by atoms with Crippen LogP contribution in [0.1, 0.15) is 39.9 Å². The van der Waals surface area contributed by atoms with Crippen LogP contribution in [-0.2, 0) is 18.8 Å². The van der Waals surface area contributed by atoms with Crippen molar-refractivity contribution in [2.24, 2.45) is 0 Å². The number of likely N-dealkylation sites (tertiary alicyclic amines) is 1. The van der Waals surface area contributed by atoms with E-state index in [2.05, 4.69) is 4.90 Å². The molecule has 4 nitrogen and oxygen atoms in total. The van der Waals surface area contributed by atoms with Crippen LogP contribution in [0.2, 0.25) is 0 Å². The van der Waals surface area contributed by atoms with Gasteiger partial charge in [0.2, 0.25) is 0 Å². The summed E-state index contributed by atoms with van der Waals surface area (Å²) in [6.45, 7) is 2.36. The summed E-state index contributed by atoms with van der Waals surface area (Å²) in [5, 5.41) is 1.96. The highest BCUT2D eigenvalue weighted by Gasteiger charge is 2.39. The van der Waals surface area contributed by atoms with Gasteiger partial charge in [-0.1, -0.05) is 42.5 Å². The minimum absolute atomic E-state index is 0.0117. The molecule has 0 unspecified atom stereocenters. The van der Waals surface area contributed by atoms with Crippen molar-refractivity contribution in [3.63, 3.8) is 0 Å². The Morgan fingerprint density at radius 3 is 1.98 bits per heavy atom. The third kappa shape index (κ3) is 7.64. The van der Waals surface area contributed by atoms with Crippen molar-refractivity contribution in [3.8, 4) is 0 Å². The molecule has 1 amide bonds. The monoisotopic (exact) mass is 613 g/mol. The number of piperazine rings is 1. The van der Waals surface area contributed by atoms with Crippen LogP contribution < -0.4 is 0 Å². The fraction of sp³-hybridized carbons (Fsp3) is 0.452. The molecule has 2 saturated heterocycles. The summed E-state index contributed by atoms with van der Waals surface area (Å²) in [6.07, 6.45) is -10.2. The Hall–Kier alpha value is -3.25. The maximum Gasteiger partial charge on any atom is 0.416 e. The van der Waals surface area contributed by atoms with Gasteiger partial charge in [0.25, 0.3) is 11.8 Å². The van der Waals surface area contributed by atoms with Gasteiger partial charge in [-0.3, -0.25) is 9.69 Å². The van der Waals surface area contributed by atoms with Crippen LogP contribution in [0.25, 0.3) is 10.8 Å². The summed E-state index contributed by atoms with van der Waals surface area (Å²) in [4.78, 5) is 19.0. The number of halogens is 8. The van der Waals surface area contributed by atoms with Crippen LogP contribution in [0.15, 0.2) is 60.7 Å². The fourth-order valence-corrected chi connectivity index (χ4v) is 5.83. The molecule has 2 heterocycles. The van der Waals surface area contributed by atoms with E-state index in [-0.39, 0.29) is 38.5 Å². The second-order valence-corrected chi connectivity index (χ2v) is 11.3. The maximum atomic E-state index is 13.6. The highest BCUT2D eigenvalue weighted by atomic mass is 19.4. The van der Waals surface area contributed by atoms with E-state index in [9.17, 15) is 39.9 Å². The number of hydrogen-bond acceptors (Lipinski definition) is 3. The molecule has 232 valence electrons. The first-order chi connectivity index (χ1) is 20.2. The first kappa shape index (κ1) is 31.2. The second-order valence-electron chi connectivity index (χ2n) is 11.3. The standard InChI is InChI=1S/C31H31F8N3O/c32-29(33)7-9-40(10-8-29)11-12-41-13-14-42(27(20-41)16-21-5-6-22-3-1-2-4-23(22)15-21)28(43)24-17-25(30(34,35)36)19-26(18-24)31(37,38)39/h1-6,15,17-19,27H,7-14,16,20H2/t27-/m1/s1. The molecule has 3 aromatic rings. The van der Waals surface area contributed by atoms with Gasteiger partial charge in [-0.15, -0.1) is 0 Å². The Kier molecular flexibility index (Phi) is 8.72. The number of alkyl halides is 8. The molecule has 0 radical (unpaired) electrons. The van der Waals surface area contributed by atoms with Gasteiger partial charge in [0, 0.05) is 70.3 Å². The van der Waals surface area contributed by atoms with Crippen LogP contribution in [0.4, 0.5) is 35.1 Å². The Morgan fingerprint density at radius 1 is 0.744 bits per heavy atom. The summed E-state index contributed by atoms with van der Waals surface area (Å²) in [6, 6.07) is 13.8. The van der Waals surface area contributed by atoms with E-state index in [1.165, 1.54) is 4.90 Å². The molecule has 1 atom stereocenters. The highest BCUT2D eigenvalue weighted by Crippen LogP contribution is 2.37. The van der Waals surface area contributed by atoms with Crippen LogP contribution >= 0.6 is 0 Å². The van der Waals surface area contributed by atoms with Gasteiger partial charge in [-0.05, 0) is 41.0 Å². The third-order valence-corrected chi connectivity index (χ3v) is 8.27. The lowest BCUT2D eigenvalue weighted by Crippen LogP contribution is -2.57. The second kappa shape index (κ2) is 12.0. The number of rotatable bonds is 6. The van der Waals surface area contributed by atoms with Gasteiger partial charge in [0.1, 0.15) is 0 Å². The van der Waals surface area contributed by atoms with E-state index in [0.717, 1.165) is 16.3 Å². The van der Waals surface area contributed by atoms with Crippen LogP contribution in [-0.4, -0.2) is 78.4 Å². The molecule has 5 rings (SSSR count). The fourth-order valence-electron chi connectivity index (χ4n) is 5.83.